The lowest BCUT2D eigenvalue weighted by Gasteiger charge is -2.09. The fourth-order valence-corrected chi connectivity index (χ4v) is 3.28. The molecule has 0 fully saturated rings. The number of sulfonamides is 1. The highest BCUT2D eigenvalue weighted by atomic mass is 35.5. The smallest absolute Gasteiger partial charge is 0.335 e. The predicted molar refractivity (Wildman–Crippen MR) is 70.7 cm³/mol. The number of nitrogens with zero attached hydrogens (tertiary/aromatic N) is 2. The highest BCUT2D eigenvalue weighted by Gasteiger charge is 2.24. The molecule has 0 atom stereocenters. The summed E-state index contributed by atoms with van der Waals surface area (Å²) in [6.07, 6.45) is 0. The standard InChI is InChI=1S/C9H8Cl2N4O3S/c1-4-13-9(18-14-4)15-19(16,17)8-6(11)2-5(10)3-7(8)12/h2-3H,12H2,1H3,(H,13,14,15). The Morgan fingerprint density at radius 2 is 2.05 bits per heavy atom. The molecule has 19 heavy (non-hydrogen) atoms. The van der Waals surface area contributed by atoms with Crippen LogP contribution in [-0.4, -0.2) is 18.6 Å². The molecule has 10 heteroatoms. The van der Waals surface area contributed by atoms with Crippen LogP contribution >= 0.6 is 23.2 Å². The van der Waals surface area contributed by atoms with Crippen molar-refractivity contribution < 1.29 is 12.9 Å². The third-order valence-corrected chi connectivity index (χ3v) is 4.12. The molecular formula is C9H8Cl2N4O3S. The van der Waals surface area contributed by atoms with Crippen LogP contribution < -0.4 is 10.5 Å². The Bertz CT molecular complexity index is 706. The summed E-state index contributed by atoms with van der Waals surface area (Å²) in [6, 6.07) is 2.27. The molecule has 0 aliphatic rings. The maximum Gasteiger partial charge on any atom is 0.335 e. The lowest BCUT2D eigenvalue weighted by molar-refractivity contribution is 0.429. The maximum absolute atomic E-state index is 12.1. The minimum absolute atomic E-state index is 0.0822. The molecule has 0 amide bonds. The SMILES string of the molecule is Cc1noc(NS(=O)(=O)c2c(N)cc(Cl)cc2Cl)n1. The van der Waals surface area contributed by atoms with Gasteiger partial charge in [-0.3, -0.25) is 0 Å². The first-order valence-electron chi connectivity index (χ1n) is 4.87. The third kappa shape index (κ3) is 2.91. The first kappa shape index (κ1) is 13.9. The number of nitrogen functional groups attached to an aromatic ring is 1. The largest absolute Gasteiger partial charge is 0.398 e. The van der Waals surface area contributed by atoms with Crippen LogP contribution in [0, 0.1) is 6.92 Å². The second kappa shape index (κ2) is 4.87. The first-order chi connectivity index (χ1) is 8.79. The van der Waals surface area contributed by atoms with E-state index in [2.05, 4.69) is 19.4 Å². The second-order valence-corrected chi connectivity index (χ2v) is 6.02. The van der Waals surface area contributed by atoms with E-state index < -0.39 is 10.0 Å². The molecular weight excluding hydrogens is 315 g/mol. The topological polar surface area (TPSA) is 111 Å². The van der Waals surface area contributed by atoms with Gasteiger partial charge in [-0.2, -0.15) is 4.98 Å². The molecule has 0 saturated carbocycles. The maximum atomic E-state index is 12.1. The van der Waals surface area contributed by atoms with Gasteiger partial charge >= 0.3 is 6.01 Å². The first-order valence-corrected chi connectivity index (χ1v) is 7.11. The number of rotatable bonds is 3. The van der Waals surface area contributed by atoms with Crippen molar-refractivity contribution in [2.75, 3.05) is 10.5 Å². The van der Waals surface area contributed by atoms with E-state index in [9.17, 15) is 8.42 Å². The van der Waals surface area contributed by atoms with Crippen LogP contribution in [0.15, 0.2) is 21.6 Å². The summed E-state index contributed by atoms with van der Waals surface area (Å²) in [5.41, 5.74) is 5.53. The normalized spacial score (nSPS) is 11.5. The van der Waals surface area contributed by atoms with Crippen LogP contribution in [0.3, 0.4) is 0 Å². The van der Waals surface area contributed by atoms with E-state index in [4.69, 9.17) is 28.9 Å². The fourth-order valence-electron chi connectivity index (χ4n) is 1.37. The number of benzene rings is 1. The van der Waals surface area contributed by atoms with Crippen molar-refractivity contribution in [3.8, 4) is 0 Å². The van der Waals surface area contributed by atoms with Gasteiger partial charge in [-0.15, -0.1) is 0 Å². The average molecular weight is 323 g/mol. The fraction of sp³-hybridized carbons (Fsp3) is 0.111. The molecule has 0 radical (unpaired) electrons. The summed E-state index contributed by atoms with van der Waals surface area (Å²) in [5.74, 6) is 0.285. The van der Waals surface area contributed by atoms with Gasteiger partial charge in [-0.25, -0.2) is 13.1 Å². The predicted octanol–water partition coefficient (Wildman–Crippen LogP) is 2.07. The Labute approximate surface area is 118 Å². The number of hydrogen-bond acceptors (Lipinski definition) is 6. The van der Waals surface area contributed by atoms with E-state index in [1.807, 2.05) is 0 Å². The molecule has 1 heterocycles. The Balaban J connectivity index is 2.45. The van der Waals surface area contributed by atoms with Crippen LogP contribution in [0.4, 0.5) is 11.7 Å². The number of hydrogen-bond donors (Lipinski definition) is 2. The van der Waals surface area contributed by atoms with E-state index in [0.29, 0.717) is 0 Å². The molecule has 0 saturated heterocycles. The van der Waals surface area contributed by atoms with Crippen LogP contribution in [0.2, 0.25) is 10.0 Å². The van der Waals surface area contributed by atoms with Gasteiger partial charge in [0.1, 0.15) is 4.90 Å². The molecule has 0 spiro atoms. The monoisotopic (exact) mass is 322 g/mol. The van der Waals surface area contributed by atoms with Gasteiger partial charge < -0.3 is 10.3 Å². The van der Waals surface area contributed by atoms with Crippen molar-refractivity contribution in [3.63, 3.8) is 0 Å². The van der Waals surface area contributed by atoms with Crippen LogP contribution in [0.1, 0.15) is 5.82 Å². The highest BCUT2D eigenvalue weighted by Crippen LogP contribution is 2.32. The summed E-state index contributed by atoms with van der Waals surface area (Å²) >= 11 is 11.6. The van der Waals surface area contributed by atoms with E-state index in [-0.39, 0.29) is 32.5 Å². The number of anilines is 2. The Hall–Kier alpha value is -1.51. The van der Waals surface area contributed by atoms with Gasteiger partial charge in [-0.1, -0.05) is 28.4 Å². The highest BCUT2D eigenvalue weighted by molar-refractivity contribution is 7.93. The van der Waals surface area contributed by atoms with Crippen molar-refractivity contribution in [2.24, 2.45) is 0 Å². The summed E-state index contributed by atoms with van der Waals surface area (Å²) in [5, 5.41) is 3.58. The third-order valence-electron chi connectivity index (χ3n) is 2.06. The summed E-state index contributed by atoms with van der Waals surface area (Å²) < 4.78 is 31.0. The minimum Gasteiger partial charge on any atom is -0.398 e. The quantitative estimate of drug-likeness (QED) is 0.836. The Kier molecular flexibility index (Phi) is 3.57. The number of nitrogens with two attached hydrogens (primary N) is 1. The van der Waals surface area contributed by atoms with Gasteiger partial charge in [0.05, 0.1) is 10.7 Å². The lowest BCUT2D eigenvalue weighted by atomic mass is 10.3. The molecule has 2 aromatic rings. The Morgan fingerprint density at radius 1 is 1.37 bits per heavy atom. The summed E-state index contributed by atoms with van der Waals surface area (Å²) in [6.45, 7) is 1.55. The van der Waals surface area contributed by atoms with Gasteiger partial charge in [0.2, 0.25) is 0 Å². The molecule has 1 aromatic heterocycles. The van der Waals surface area contributed by atoms with Crippen molar-refractivity contribution in [1.29, 1.82) is 0 Å². The van der Waals surface area contributed by atoms with Crippen molar-refractivity contribution in [1.82, 2.24) is 10.1 Å². The number of aromatic nitrogens is 2. The Morgan fingerprint density at radius 3 is 2.58 bits per heavy atom. The molecule has 0 bridgehead atoms. The zero-order valence-electron chi connectivity index (χ0n) is 9.52. The molecule has 2 rings (SSSR count). The van der Waals surface area contributed by atoms with Crippen molar-refractivity contribution in [3.05, 3.63) is 28.0 Å². The van der Waals surface area contributed by atoms with E-state index in [1.54, 1.807) is 6.92 Å². The zero-order valence-corrected chi connectivity index (χ0v) is 11.8. The van der Waals surface area contributed by atoms with Crippen molar-refractivity contribution >= 4 is 44.9 Å². The van der Waals surface area contributed by atoms with Crippen LogP contribution in [0.25, 0.3) is 0 Å². The van der Waals surface area contributed by atoms with Gasteiger partial charge in [0.15, 0.2) is 5.82 Å². The van der Waals surface area contributed by atoms with Gasteiger partial charge in [0, 0.05) is 5.02 Å². The number of nitrogens with one attached hydrogen (secondary N) is 1. The molecule has 3 N–H and O–H groups in total. The van der Waals surface area contributed by atoms with Crippen molar-refractivity contribution in [2.45, 2.75) is 11.8 Å². The molecule has 0 aliphatic carbocycles. The van der Waals surface area contributed by atoms with Gasteiger partial charge in [-0.05, 0) is 19.1 Å². The minimum atomic E-state index is -4.04. The van der Waals surface area contributed by atoms with Crippen LogP contribution in [0.5, 0.6) is 0 Å². The van der Waals surface area contributed by atoms with Crippen LogP contribution in [-0.2, 0) is 10.0 Å². The number of aryl methyl sites for hydroxylation is 1. The number of halogens is 2. The summed E-state index contributed by atoms with van der Waals surface area (Å²) in [7, 11) is -4.04. The van der Waals surface area contributed by atoms with E-state index in [0.717, 1.165) is 0 Å². The molecule has 7 nitrogen and oxygen atoms in total. The second-order valence-electron chi connectivity index (χ2n) is 3.56. The summed E-state index contributed by atoms with van der Waals surface area (Å²) in [4.78, 5) is 3.42. The molecule has 0 unspecified atom stereocenters. The van der Waals surface area contributed by atoms with Gasteiger partial charge in [0.25, 0.3) is 10.0 Å². The average Bonchev–Trinajstić information content (AvgIpc) is 2.60. The lowest BCUT2D eigenvalue weighted by Crippen LogP contribution is -2.15. The van der Waals surface area contributed by atoms with E-state index >= 15 is 0 Å². The molecule has 102 valence electrons. The molecule has 0 aliphatic heterocycles. The zero-order chi connectivity index (χ0) is 14.2. The van der Waals surface area contributed by atoms with E-state index in [1.165, 1.54) is 12.1 Å². The molecule has 1 aromatic carbocycles.